The Labute approximate surface area is 115 Å². The van der Waals surface area contributed by atoms with Gasteiger partial charge in [0, 0.05) is 19.7 Å². The van der Waals surface area contributed by atoms with Gasteiger partial charge in [0.1, 0.15) is 18.5 Å². The molecule has 0 bridgehead atoms. The molecule has 1 aromatic carbocycles. The van der Waals surface area contributed by atoms with Gasteiger partial charge in [0.2, 0.25) is 0 Å². The molecule has 1 rings (SSSR count). The number of hydrogen-bond donors (Lipinski definition) is 2. The molecule has 0 aliphatic carbocycles. The van der Waals surface area contributed by atoms with Crippen LogP contribution in [-0.2, 0) is 4.74 Å². The quantitative estimate of drug-likeness (QED) is 0.715. The third-order valence-electron chi connectivity index (χ3n) is 2.97. The third-order valence-corrected chi connectivity index (χ3v) is 2.97. The van der Waals surface area contributed by atoms with Crippen molar-refractivity contribution in [2.45, 2.75) is 32.4 Å². The fourth-order valence-corrected chi connectivity index (χ4v) is 1.71. The normalized spacial score (nSPS) is 14.1. The highest BCUT2D eigenvalue weighted by atomic mass is 16.5. The monoisotopic (exact) mass is 267 g/mol. The molecule has 108 valence electrons. The summed E-state index contributed by atoms with van der Waals surface area (Å²) in [7, 11) is 1.68. The zero-order valence-corrected chi connectivity index (χ0v) is 12.1. The number of aliphatic hydroxyl groups excluding tert-OH is 1. The van der Waals surface area contributed by atoms with Crippen LogP contribution in [0.1, 0.15) is 18.9 Å². The smallest absolute Gasteiger partial charge is 0.119 e. The average molecular weight is 267 g/mol. The number of nitrogens with one attached hydrogen (secondary N) is 1. The van der Waals surface area contributed by atoms with E-state index >= 15 is 0 Å². The first-order valence-corrected chi connectivity index (χ1v) is 6.75. The highest BCUT2D eigenvalue weighted by Crippen LogP contribution is 2.11. The summed E-state index contributed by atoms with van der Waals surface area (Å²) >= 11 is 0. The van der Waals surface area contributed by atoms with E-state index in [0.29, 0.717) is 19.8 Å². The zero-order chi connectivity index (χ0) is 14.1. The Bertz CT molecular complexity index is 340. The van der Waals surface area contributed by atoms with E-state index in [-0.39, 0.29) is 6.04 Å². The van der Waals surface area contributed by atoms with Crippen LogP contribution in [0.3, 0.4) is 0 Å². The minimum Gasteiger partial charge on any atom is -0.491 e. The number of aryl methyl sites for hydroxylation is 1. The molecule has 0 amide bonds. The van der Waals surface area contributed by atoms with Crippen molar-refractivity contribution in [1.29, 1.82) is 0 Å². The van der Waals surface area contributed by atoms with Gasteiger partial charge in [-0.3, -0.25) is 0 Å². The molecule has 4 nitrogen and oxygen atoms in total. The van der Waals surface area contributed by atoms with Crippen molar-refractivity contribution in [2.24, 2.45) is 0 Å². The van der Waals surface area contributed by atoms with Crippen LogP contribution in [0.5, 0.6) is 5.75 Å². The van der Waals surface area contributed by atoms with Crippen LogP contribution in [0.4, 0.5) is 0 Å². The largest absolute Gasteiger partial charge is 0.491 e. The van der Waals surface area contributed by atoms with E-state index in [9.17, 15) is 5.11 Å². The van der Waals surface area contributed by atoms with Crippen molar-refractivity contribution < 1.29 is 14.6 Å². The molecule has 4 heteroatoms. The lowest BCUT2D eigenvalue weighted by atomic mass is 10.2. The first-order valence-electron chi connectivity index (χ1n) is 6.75. The molecular weight excluding hydrogens is 242 g/mol. The van der Waals surface area contributed by atoms with Crippen molar-refractivity contribution in [3.8, 4) is 5.75 Å². The standard InChI is InChI=1S/C15H25NO3/c1-4-13(10-18-3)16-9-14(17)11-19-15-7-5-12(2)6-8-15/h5-8,13-14,16-17H,4,9-11H2,1-3H3. The van der Waals surface area contributed by atoms with E-state index in [4.69, 9.17) is 9.47 Å². The number of benzene rings is 1. The Morgan fingerprint density at radius 2 is 1.89 bits per heavy atom. The van der Waals surface area contributed by atoms with Gasteiger partial charge >= 0.3 is 0 Å². The lowest BCUT2D eigenvalue weighted by Crippen LogP contribution is -2.39. The molecule has 0 radical (unpaired) electrons. The summed E-state index contributed by atoms with van der Waals surface area (Å²) in [4.78, 5) is 0. The lowest BCUT2D eigenvalue weighted by molar-refractivity contribution is 0.0953. The predicted octanol–water partition coefficient (Wildman–Crippen LogP) is 1.75. The average Bonchev–Trinajstić information content (AvgIpc) is 2.42. The maximum atomic E-state index is 9.85. The number of ether oxygens (including phenoxy) is 2. The van der Waals surface area contributed by atoms with Crippen molar-refractivity contribution in [3.63, 3.8) is 0 Å². The first-order chi connectivity index (χ1) is 9.15. The van der Waals surface area contributed by atoms with Crippen LogP contribution in [0.2, 0.25) is 0 Å². The van der Waals surface area contributed by atoms with Gasteiger partial charge in [0.15, 0.2) is 0 Å². The van der Waals surface area contributed by atoms with Gasteiger partial charge in [-0.2, -0.15) is 0 Å². The number of rotatable bonds is 9. The van der Waals surface area contributed by atoms with Gasteiger partial charge < -0.3 is 19.9 Å². The molecule has 0 spiro atoms. The summed E-state index contributed by atoms with van der Waals surface area (Å²) in [6.45, 7) is 5.57. The van der Waals surface area contributed by atoms with E-state index in [1.165, 1.54) is 5.56 Å². The summed E-state index contributed by atoms with van der Waals surface area (Å²) in [5.74, 6) is 0.786. The SMILES string of the molecule is CCC(COC)NCC(O)COc1ccc(C)cc1. The Hall–Kier alpha value is -1.10. The number of methoxy groups -OCH3 is 1. The summed E-state index contributed by atoms with van der Waals surface area (Å²) in [5.41, 5.74) is 1.19. The van der Waals surface area contributed by atoms with Gasteiger partial charge in [0.05, 0.1) is 6.61 Å². The fraction of sp³-hybridized carbons (Fsp3) is 0.600. The minimum absolute atomic E-state index is 0.277. The van der Waals surface area contributed by atoms with Crippen molar-refractivity contribution in [1.82, 2.24) is 5.32 Å². The second-order valence-corrected chi connectivity index (χ2v) is 4.75. The molecule has 0 aliphatic heterocycles. The van der Waals surface area contributed by atoms with E-state index in [2.05, 4.69) is 12.2 Å². The topological polar surface area (TPSA) is 50.7 Å². The maximum Gasteiger partial charge on any atom is 0.119 e. The van der Waals surface area contributed by atoms with E-state index in [1.807, 2.05) is 31.2 Å². The van der Waals surface area contributed by atoms with Crippen LogP contribution in [-0.4, -0.2) is 44.1 Å². The van der Waals surface area contributed by atoms with E-state index < -0.39 is 6.10 Å². The highest BCUT2D eigenvalue weighted by Gasteiger charge is 2.09. The van der Waals surface area contributed by atoms with E-state index in [0.717, 1.165) is 12.2 Å². The predicted molar refractivity (Wildman–Crippen MR) is 76.6 cm³/mol. The van der Waals surface area contributed by atoms with Crippen molar-refractivity contribution >= 4 is 0 Å². The molecule has 2 N–H and O–H groups in total. The minimum atomic E-state index is -0.521. The molecule has 1 aromatic rings. The molecule has 0 saturated carbocycles. The summed E-state index contributed by atoms with van der Waals surface area (Å²) in [6, 6.07) is 8.08. The fourth-order valence-electron chi connectivity index (χ4n) is 1.71. The molecular formula is C15H25NO3. The Kier molecular flexibility index (Phi) is 7.48. The summed E-state index contributed by atoms with van der Waals surface area (Å²) < 4.78 is 10.6. The van der Waals surface area contributed by atoms with Gasteiger partial charge in [-0.1, -0.05) is 24.6 Å². The molecule has 0 fully saturated rings. The maximum absolute atomic E-state index is 9.85. The second kappa shape index (κ2) is 8.91. The molecule has 2 unspecified atom stereocenters. The molecule has 2 atom stereocenters. The Balaban J connectivity index is 2.23. The Morgan fingerprint density at radius 3 is 2.47 bits per heavy atom. The van der Waals surface area contributed by atoms with Crippen LogP contribution in [0.25, 0.3) is 0 Å². The molecule has 19 heavy (non-hydrogen) atoms. The summed E-state index contributed by atoms with van der Waals surface area (Å²) in [6.07, 6.45) is 0.451. The molecule has 0 aliphatic rings. The number of hydrogen-bond acceptors (Lipinski definition) is 4. The molecule has 0 heterocycles. The summed E-state index contributed by atoms with van der Waals surface area (Å²) in [5, 5.41) is 13.1. The van der Waals surface area contributed by atoms with E-state index in [1.54, 1.807) is 7.11 Å². The molecule has 0 aromatic heterocycles. The number of aliphatic hydroxyl groups is 1. The van der Waals surface area contributed by atoms with Crippen LogP contribution < -0.4 is 10.1 Å². The van der Waals surface area contributed by atoms with Gasteiger partial charge in [0.25, 0.3) is 0 Å². The second-order valence-electron chi connectivity index (χ2n) is 4.75. The highest BCUT2D eigenvalue weighted by molar-refractivity contribution is 5.26. The van der Waals surface area contributed by atoms with Gasteiger partial charge in [-0.05, 0) is 25.5 Å². The lowest BCUT2D eigenvalue weighted by Gasteiger charge is -2.19. The Morgan fingerprint density at radius 1 is 1.21 bits per heavy atom. The molecule has 0 saturated heterocycles. The van der Waals surface area contributed by atoms with Gasteiger partial charge in [-0.25, -0.2) is 0 Å². The third kappa shape index (κ3) is 6.57. The van der Waals surface area contributed by atoms with Gasteiger partial charge in [-0.15, -0.1) is 0 Å². The first kappa shape index (κ1) is 16.0. The van der Waals surface area contributed by atoms with Crippen LogP contribution in [0.15, 0.2) is 24.3 Å². The van der Waals surface area contributed by atoms with Crippen molar-refractivity contribution in [3.05, 3.63) is 29.8 Å². The van der Waals surface area contributed by atoms with Crippen LogP contribution in [0, 0.1) is 6.92 Å². The zero-order valence-electron chi connectivity index (χ0n) is 12.1. The van der Waals surface area contributed by atoms with Crippen LogP contribution >= 0.6 is 0 Å². The van der Waals surface area contributed by atoms with Crippen molar-refractivity contribution in [2.75, 3.05) is 26.9 Å².